The number of aromatic nitrogens is 3. The number of hydrogen-bond donors (Lipinski definition) is 2. The molecule has 2 N–H and O–H groups in total. The average molecular weight is 352 g/mol. The van der Waals surface area contributed by atoms with Gasteiger partial charge in [-0.15, -0.1) is 24.0 Å². The van der Waals surface area contributed by atoms with Crippen molar-refractivity contribution in [1.29, 1.82) is 0 Å². The lowest BCUT2D eigenvalue weighted by molar-refractivity contribution is 0.340. The van der Waals surface area contributed by atoms with Gasteiger partial charge in [-0.1, -0.05) is 0 Å². The molecular weight excluding hydrogens is 331 g/mol. The van der Waals surface area contributed by atoms with E-state index >= 15 is 0 Å². The average Bonchev–Trinajstić information content (AvgIpc) is 2.67. The van der Waals surface area contributed by atoms with Crippen molar-refractivity contribution in [1.82, 2.24) is 25.4 Å². The summed E-state index contributed by atoms with van der Waals surface area (Å²) in [6.07, 6.45) is 1.57. The summed E-state index contributed by atoms with van der Waals surface area (Å²) < 4.78 is 1.91. The molecule has 1 aromatic rings. The van der Waals surface area contributed by atoms with Gasteiger partial charge in [0.15, 0.2) is 5.96 Å². The Morgan fingerprint density at radius 3 is 2.59 bits per heavy atom. The molecule has 1 rings (SSSR count). The molecule has 0 amide bonds. The van der Waals surface area contributed by atoms with E-state index in [1.807, 2.05) is 11.7 Å². The topological polar surface area (TPSA) is 67.1 Å². The smallest absolute Gasteiger partial charge is 0.191 e. The minimum atomic E-state index is -0.0589. The fourth-order valence-corrected chi connectivity index (χ4v) is 1.39. The molecule has 0 fully saturated rings. The summed E-state index contributed by atoms with van der Waals surface area (Å²) in [5, 5.41) is 10.3. The van der Waals surface area contributed by atoms with E-state index in [9.17, 15) is 0 Å². The van der Waals surface area contributed by atoms with Gasteiger partial charge in [-0.3, -0.25) is 4.99 Å². The number of guanidine groups is 1. The number of hydrogen-bond acceptors (Lipinski definition) is 3. The van der Waals surface area contributed by atoms with Crippen LogP contribution in [-0.4, -0.2) is 34.8 Å². The number of rotatable bonds is 2. The van der Waals surface area contributed by atoms with Crippen molar-refractivity contribution in [3.63, 3.8) is 0 Å². The molecule has 0 saturated heterocycles. The van der Waals surface area contributed by atoms with Crippen molar-refractivity contribution in [3.05, 3.63) is 12.2 Å². The van der Waals surface area contributed by atoms with Crippen molar-refractivity contribution >= 4 is 29.9 Å². The van der Waals surface area contributed by atoms with Crippen LogP contribution in [0.5, 0.6) is 0 Å². The predicted octanol–water partition coefficient (Wildman–Crippen LogP) is 0.946. The molecule has 6 nitrogen and oxygen atoms in total. The Balaban J connectivity index is 0.00000256. The summed E-state index contributed by atoms with van der Waals surface area (Å²) in [6.45, 7) is 6.89. The van der Waals surface area contributed by atoms with Crippen LogP contribution in [0.3, 0.4) is 0 Å². The van der Waals surface area contributed by atoms with Gasteiger partial charge in [0.05, 0.1) is 12.1 Å². The third-order valence-electron chi connectivity index (χ3n) is 2.13. The minimum absolute atomic E-state index is 0. The molecule has 1 heterocycles. The molecule has 1 aromatic heterocycles. The lowest BCUT2D eigenvalue weighted by Crippen LogP contribution is -2.36. The first-order chi connectivity index (χ1) is 7.49. The van der Waals surface area contributed by atoms with Gasteiger partial charge < -0.3 is 10.6 Å². The van der Waals surface area contributed by atoms with Gasteiger partial charge in [-0.25, -0.2) is 9.67 Å². The Morgan fingerprint density at radius 2 is 2.12 bits per heavy atom. The van der Waals surface area contributed by atoms with Gasteiger partial charge in [0, 0.05) is 14.1 Å². The molecule has 0 atom stereocenters. The fourth-order valence-electron chi connectivity index (χ4n) is 1.39. The van der Waals surface area contributed by atoms with Gasteiger partial charge in [0.2, 0.25) is 0 Å². The molecule has 0 aliphatic heterocycles. The molecule has 0 spiro atoms. The van der Waals surface area contributed by atoms with Crippen LogP contribution in [0.1, 0.15) is 26.6 Å². The second-order valence-corrected chi connectivity index (χ2v) is 4.43. The molecule has 0 saturated carbocycles. The van der Waals surface area contributed by atoms with Crippen molar-refractivity contribution in [3.8, 4) is 0 Å². The molecule has 0 unspecified atom stereocenters. The maximum absolute atomic E-state index is 4.23. The summed E-state index contributed by atoms with van der Waals surface area (Å²) >= 11 is 0. The fraction of sp³-hybridized carbons (Fsp3) is 0.700. The summed E-state index contributed by atoms with van der Waals surface area (Å²) in [5.41, 5.74) is -0.0589. The highest BCUT2D eigenvalue weighted by molar-refractivity contribution is 14.0. The van der Waals surface area contributed by atoms with Crippen molar-refractivity contribution in [2.75, 3.05) is 14.1 Å². The van der Waals surface area contributed by atoms with Gasteiger partial charge in [0.1, 0.15) is 12.2 Å². The third-order valence-corrected chi connectivity index (χ3v) is 2.13. The Morgan fingerprint density at radius 1 is 1.47 bits per heavy atom. The van der Waals surface area contributed by atoms with E-state index in [1.165, 1.54) is 0 Å². The minimum Gasteiger partial charge on any atom is -0.359 e. The van der Waals surface area contributed by atoms with Gasteiger partial charge in [-0.05, 0) is 20.8 Å². The highest BCUT2D eigenvalue weighted by atomic mass is 127. The number of halogens is 1. The second kappa shape index (κ2) is 6.77. The Bertz CT molecular complexity index is 365. The van der Waals surface area contributed by atoms with Crippen LogP contribution >= 0.6 is 24.0 Å². The molecular formula is C10H21IN6. The Kier molecular flexibility index (Phi) is 6.43. The molecule has 0 bridgehead atoms. The zero-order valence-corrected chi connectivity index (χ0v) is 13.3. The molecule has 0 aliphatic carbocycles. The standard InChI is InChI=1S/C10H20N6.HI/c1-10(2,3)16-8(14-7-15-16)6-13-9(11-4)12-5;/h7H,6H2,1-5H3,(H2,11,12,13);1H. The SMILES string of the molecule is CN=C(NC)NCc1ncnn1C(C)(C)C.I. The van der Waals surface area contributed by atoms with E-state index in [2.05, 4.69) is 46.5 Å². The van der Waals surface area contributed by atoms with Crippen LogP contribution in [0.15, 0.2) is 11.3 Å². The number of aliphatic imine (C=N–C) groups is 1. The lowest BCUT2D eigenvalue weighted by Gasteiger charge is -2.21. The van der Waals surface area contributed by atoms with Crippen LogP contribution in [-0.2, 0) is 12.1 Å². The van der Waals surface area contributed by atoms with E-state index in [-0.39, 0.29) is 29.5 Å². The zero-order chi connectivity index (χ0) is 12.2. The highest BCUT2D eigenvalue weighted by Crippen LogP contribution is 2.13. The summed E-state index contributed by atoms with van der Waals surface area (Å²) in [6, 6.07) is 0. The molecule has 17 heavy (non-hydrogen) atoms. The predicted molar refractivity (Wildman–Crippen MR) is 79.7 cm³/mol. The van der Waals surface area contributed by atoms with Crippen molar-refractivity contribution < 1.29 is 0 Å². The van der Waals surface area contributed by atoms with E-state index in [1.54, 1.807) is 13.4 Å². The number of nitrogens with zero attached hydrogens (tertiary/aromatic N) is 4. The first kappa shape index (κ1) is 16.1. The van der Waals surface area contributed by atoms with Gasteiger partial charge >= 0.3 is 0 Å². The lowest BCUT2D eigenvalue weighted by atomic mass is 10.1. The highest BCUT2D eigenvalue weighted by Gasteiger charge is 2.18. The third kappa shape index (κ3) is 4.49. The van der Waals surface area contributed by atoms with E-state index in [4.69, 9.17) is 0 Å². The molecule has 7 heteroatoms. The second-order valence-electron chi connectivity index (χ2n) is 4.43. The van der Waals surface area contributed by atoms with Crippen LogP contribution in [0, 0.1) is 0 Å². The maximum atomic E-state index is 4.23. The number of nitrogens with one attached hydrogen (secondary N) is 2. The van der Waals surface area contributed by atoms with E-state index in [0.717, 1.165) is 11.8 Å². The maximum Gasteiger partial charge on any atom is 0.191 e. The van der Waals surface area contributed by atoms with E-state index in [0.29, 0.717) is 6.54 Å². The normalized spacial score (nSPS) is 11.9. The monoisotopic (exact) mass is 352 g/mol. The van der Waals surface area contributed by atoms with Gasteiger partial charge in [-0.2, -0.15) is 5.10 Å². The Hall–Kier alpha value is -0.860. The van der Waals surface area contributed by atoms with Crippen LogP contribution in [0.4, 0.5) is 0 Å². The summed E-state index contributed by atoms with van der Waals surface area (Å²) in [7, 11) is 3.55. The van der Waals surface area contributed by atoms with Crippen LogP contribution in [0.25, 0.3) is 0 Å². The molecule has 98 valence electrons. The summed E-state index contributed by atoms with van der Waals surface area (Å²) in [4.78, 5) is 8.26. The van der Waals surface area contributed by atoms with Crippen molar-refractivity contribution in [2.24, 2.45) is 4.99 Å². The largest absolute Gasteiger partial charge is 0.359 e. The molecule has 0 aliphatic rings. The van der Waals surface area contributed by atoms with E-state index < -0.39 is 0 Å². The first-order valence-electron chi connectivity index (χ1n) is 5.27. The molecule has 0 radical (unpaired) electrons. The van der Waals surface area contributed by atoms with Crippen molar-refractivity contribution in [2.45, 2.75) is 32.9 Å². The van der Waals surface area contributed by atoms with Gasteiger partial charge in [0.25, 0.3) is 0 Å². The zero-order valence-electron chi connectivity index (χ0n) is 11.0. The Labute approximate surface area is 119 Å². The van der Waals surface area contributed by atoms with Crippen LogP contribution in [0.2, 0.25) is 0 Å². The van der Waals surface area contributed by atoms with Crippen LogP contribution < -0.4 is 10.6 Å². The summed E-state index contributed by atoms with van der Waals surface area (Å²) in [5.74, 6) is 1.63. The molecule has 0 aromatic carbocycles. The first-order valence-corrected chi connectivity index (χ1v) is 5.27. The quantitative estimate of drug-likeness (QED) is 0.473.